The summed E-state index contributed by atoms with van der Waals surface area (Å²) in [6.07, 6.45) is 0. The van der Waals surface area contributed by atoms with Gasteiger partial charge in [-0.2, -0.15) is 5.26 Å². The summed E-state index contributed by atoms with van der Waals surface area (Å²) >= 11 is 0. The fourth-order valence-electron chi connectivity index (χ4n) is 2.39. The van der Waals surface area contributed by atoms with Gasteiger partial charge in [-0.25, -0.2) is 4.39 Å². The van der Waals surface area contributed by atoms with E-state index in [4.69, 9.17) is 14.7 Å². The van der Waals surface area contributed by atoms with E-state index in [0.717, 1.165) is 0 Å². The molecular weight excluding hydrogens is 339 g/mol. The van der Waals surface area contributed by atoms with Crippen LogP contribution in [0.25, 0.3) is 0 Å². The molecule has 1 N–H and O–H groups in total. The number of carbonyl (C=O) groups is 1. The van der Waals surface area contributed by atoms with Gasteiger partial charge in [-0.1, -0.05) is 0 Å². The number of ether oxygens (including phenoxy) is 2. The summed E-state index contributed by atoms with van der Waals surface area (Å²) in [5, 5.41) is 23.2. The van der Waals surface area contributed by atoms with E-state index in [9.17, 15) is 14.3 Å². The molecular formula is C19H18FN2O4-. The van der Waals surface area contributed by atoms with E-state index in [1.165, 1.54) is 36.4 Å². The number of nitrogens with zero attached hydrogens (tertiary/aromatic N) is 1. The van der Waals surface area contributed by atoms with Crippen LogP contribution >= 0.6 is 0 Å². The number of carbonyl (C=O) groups excluding carboxylic acids is 1. The summed E-state index contributed by atoms with van der Waals surface area (Å²) in [7, 11) is 0. The predicted molar refractivity (Wildman–Crippen MR) is 91.3 cm³/mol. The topological polar surface area (TPSA) is 94.4 Å². The van der Waals surface area contributed by atoms with Crippen LogP contribution in [0.2, 0.25) is 0 Å². The molecule has 0 aliphatic heterocycles. The molecule has 0 heterocycles. The molecule has 1 unspecified atom stereocenters. The third-order valence-corrected chi connectivity index (χ3v) is 3.52. The van der Waals surface area contributed by atoms with E-state index in [2.05, 4.69) is 5.32 Å². The van der Waals surface area contributed by atoms with Gasteiger partial charge in [0.05, 0.1) is 36.9 Å². The van der Waals surface area contributed by atoms with Gasteiger partial charge in [-0.15, -0.1) is 0 Å². The molecule has 0 saturated heterocycles. The first kappa shape index (κ1) is 19.1. The van der Waals surface area contributed by atoms with E-state index >= 15 is 0 Å². The van der Waals surface area contributed by atoms with Gasteiger partial charge < -0.3 is 24.7 Å². The minimum absolute atomic E-state index is 0.0960. The van der Waals surface area contributed by atoms with Crippen LogP contribution in [-0.4, -0.2) is 19.2 Å². The Morgan fingerprint density at radius 3 is 2.42 bits per heavy atom. The quantitative estimate of drug-likeness (QED) is 0.780. The Balaban J connectivity index is 2.44. The molecule has 0 spiro atoms. The second-order valence-corrected chi connectivity index (χ2v) is 5.28. The highest BCUT2D eigenvalue weighted by atomic mass is 19.1. The van der Waals surface area contributed by atoms with Gasteiger partial charge in [0, 0.05) is 17.3 Å². The van der Waals surface area contributed by atoms with Crippen molar-refractivity contribution in [3.8, 4) is 17.6 Å². The SMILES string of the molecule is CCOc1cc(OCC)c(F)c(C(Nc2ccc(C#N)cc2)C(=O)[O-])c1. The number of benzene rings is 2. The van der Waals surface area contributed by atoms with Gasteiger partial charge in [-0.3, -0.25) is 0 Å². The van der Waals surface area contributed by atoms with Crippen LogP contribution in [-0.2, 0) is 4.79 Å². The number of halogens is 1. The van der Waals surface area contributed by atoms with Crippen molar-refractivity contribution in [2.24, 2.45) is 0 Å². The van der Waals surface area contributed by atoms with Gasteiger partial charge in [0.15, 0.2) is 11.6 Å². The highest BCUT2D eigenvalue weighted by Crippen LogP contribution is 2.33. The van der Waals surface area contributed by atoms with Crippen molar-refractivity contribution in [3.63, 3.8) is 0 Å². The molecule has 2 aromatic rings. The van der Waals surface area contributed by atoms with Crippen molar-refractivity contribution in [3.05, 3.63) is 53.3 Å². The average molecular weight is 357 g/mol. The number of rotatable bonds is 8. The summed E-state index contributed by atoms with van der Waals surface area (Å²) in [4.78, 5) is 11.6. The van der Waals surface area contributed by atoms with Crippen LogP contribution in [0.15, 0.2) is 36.4 Å². The number of aliphatic carboxylic acids is 1. The molecule has 0 amide bonds. The monoisotopic (exact) mass is 357 g/mol. The maximum Gasteiger partial charge on any atom is 0.170 e. The fraction of sp³-hybridized carbons (Fsp3) is 0.263. The third kappa shape index (κ3) is 4.42. The molecule has 0 saturated carbocycles. The molecule has 0 aliphatic carbocycles. The molecule has 2 aromatic carbocycles. The van der Waals surface area contributed by atoms with Crippen LogP contribution in [0.3, 0.4) is 0 Å². The van der Waals surface area contributed by atoms with Crippen molar-refractivity contribution in [2.75, 3.05) is 18.5 Å². The first-order valence-corrected chi connectivity index (χ1v) is 8.06. The predicted octanol–water partition coefficient (Wildman–Crippen LogP) is 2.40. The van der Waals surface area contributed by atoms with Gasteiger partial charge in [0.1, 0.15) is 5.75 Å². The van der Waals surface area contributed by atoms with Crippen molar-refractivity contribution in [1.82, 2.24) is 0 Å². The van der Waals surface area contributed by atoms with E-state index in [1.807, 2.05) is 6.07 Å². The zero-order valence-electron chi connectivity index (χ0n) is 14.4. The number of carboxylic acids is 1. The minimum Gasteiger partial charge on any atom is -0.548 e. The Kier molecular flexibility index (Phi) is 6.39. The molecule has 6 nitrogen and oxygen atoms in total. The Labute approximate surface area is 150 Å². The molecule has 0 radical (unpaired) electrons. The second-order valence-electron chi connectivity index (χ2n) is 5.28. The standard InChI is InChI=1S/C19H19FN2O4/c1-3-25-14-9-15(17(20)16(10-14)26-4-2)18(19(23)24)22-13-7-5-12(11-21)6-8-13/h5-10,18,22H,3-4H2,1-2H3,(H,23,24)/p-1. The van der Waals surface area contributed by atoms with Gasteiger partial charge >= 0.3 is 0 Å². The number of hydrogen-bond acceptors (Lipinski definition) is 6. The lowest BCUT2D eigenvalue weighted by atomic mass is 10.0. The molecule has 0 bridgehead atoms. The molecule has 7 heteroatoms. The second kappa shape index (κ2) is 8.72. The minimum atomic E-state index is -1.51. The normalized spacial score (nSPS) is 11.3. The largest absolute Gasteiger partial charge is 0.548 e. The lowest BCUT2D eigenvalue weighted by Gasteiger charge is -2.23. The van der Waals surface area contributed by atoms with Crippen molar-refractivity contribution >= 4 is 11.7 Å². The Hall–Kier alpha value is -3.27. The highest BCUT2D eigenvalue weighted by Gasteiger charge is 2.22. The van der Waals surface area contributed by atoms with Crippen molar-refractivity contribution in [2.45, 2.75) is 19.9 Å². The molecule has 0 aromatic heterocycles. The zero-order valence-corrected chi connectivity index (χ0v) is 14.4. The number of carboxylic acid groups (broad SMARTS) is 1. The maximum atomic E-state index is 14.8. The Morgan fingerprint density at radius 1 is 1.23 bits per heavy atom. The number of nitriles is 1. The van der Waals surface area contributed by atoms with E-state index in [-0.39, 0.29) is 17.9 Å². The molecule has 136 valence electrons. The number of nitrogens with one attached hydrogen (secondary N) is 1. The third-order valence-electron chi connectivity index (χ3n) is 3.52. The summed E-state index contributed by atoms with van der Waals surface area (Å²) in [5.74, 6) is -2.11. The van der Waals surface area contributed by atoms with E-state index < -0.39 is 17.8 Å². The van der Waals surface area contributed by atoms with Gasteiger partial charge in [-0.05, 0) is 44.2 Å². The lowest BCUT2D eigenvalue weighted by molar-refractivity contribution is -0.307. The van der Waals surface area contributed by atoms with Crippen molar-refractivity contribution in [1.29, 1.82) is 5.26 Å². The maximum absolute atomic E-state index is 14.8. The lowest BCUT2D eigenvalue weighted by Crippen LogP contribution is -2.35. The molecule has 26 heavy (non-hydrogen) atoms. The molecule has 1 atom stereocenters. The molecule has 2 rings (SSSR count). The summed E-state index contributed by atoms with van der Waals surface area (Å²) in [5.41, 5.74) is 0.657. The summed E-state index contributed by atoms with van der Waals surface area (Å²) in [6, 6.07) is 9.28. The fourth-order valence-corrected chi connectivity index (χ4v) is 2.39. The molecule has 0 aliphatic rings. The number of anilines is 1. The van der Waals surface area contributed by atoms with Crippen LogP contribution in [0, 0.1) is 17.1 Å². The van der Waals surface area contributed by atoms with E-state index in [0.29, 0.717) is 23.6 Å². The van der Waals surface area contributed by atoms with Crippen LogP contribution in [0.4, 0.5) is 10.1 Å². The van der Waals surface area contributed by atoms with Crippen LogP contribution < -0.4 is 19.9 Å². The highest BCUT2D eigenvalue weighted by molar-refractivity contribution is 5.78. The van der Waals surface area contributed by atoms with Gasteiger partial charge in [0.2, 0.25) is 0 Å². The summed E-state index contributed by atoms with van der Waals surface area (Å²) < 4.78 is 25.4. The van der Waals surface area contributed by atoms with Crippen molar-refractivity contribution < 1.29 is 23.8 Å². The number of hydrogen-bond donors (Lipinski definition) is 1. The Bertz CT molecular complexity index is 816. The van der Waals surface area contributed by atoms with Crippen LogP contribution in [0.5, 0.6) is 11.5 Å². The van der Waals surface area contributed by atoms with Crippen LogP contribution in [0.1, 0.15) is 31.0 Å². The first-order valence-electron chi connectivity index (χ1n) is 8.06. The molecule has 0 fully saturated rings. The van der Waals surface area contributed by atoms with E-state index in [1.54, 1.807) is 13.8 Å². The average Bonchev–Trinajstić information content (AvgIpc) is 2.63. The summed E-state index contributed by atoms with van der Waals surface area (Å²) in [6.45, 7) is 3.99. The zero-order chi connectivity index (χ0) is 19.1. The smallest absolute Gasteiger partial charge is 0.170 e. The van der Waals surface area contributed by atoms with Gasteiger partial charge in [0.25, 0.3) is 0 Å². The Morgan fingerprint density at radius 2 is 1.88 bits per heavy atom. The first-order chi connectivity index (χ1) is 12.5.